The Labute approximate surface area is 71.7 Å². The maximum atomic E-state index is 2.28. The monoisotopic (exact) mass is 154 g/mol. The number of rotatable bonds is 4. The first-order valence-electron chi connectivity index (χ1n) is 4.70. The van der Waals surface area contributed by atoms with Crippen LogP contribution in [0.1, 0.15) is 47.5 Å². The average Bonchev–Trinajstić information content (AvgIpc) is 1.84. The fourth-order valence-corrected chi connectivity index (χ4v) is 1.37. The molecule has 0 aromatic carbocycles. The van der Waals surface area contributed by atoms with Crippen molar-refractivity contribution in [2.45, 2.75) is 47.5 Å². The van der Waals surface area contributed by atoms with Crippen LogP contribution in [-0.4, -0.2) is 0 Å². The van der Waals surface area contributed by atoms with E-state index in [0.717, 1.165) is 11.8 Å². The van der Waals surface area contributed by atoms with Crippen molar-refractivity contribution in [3.8, 4) is 0 Å². The van der Waals surface area contributed by atoms with Gasteiger partial charge in [-0.3, -0.25) is 0 Å². The molecule has 0 atom stereocenters. The Kier molecular flexibility index (Phi) is 5.27. The highest BCUT2D eigenvalue weighted by Gasteiger charge is 2.02. The molecule has 0 aromatic rings. The number of hydrogen-bond donors (Lipinski definition) is 0. The average molecular weight is 154 g/mol. The third-order valence-corrected chi connectivity index (χ3v) is 1.75. The fourth-order valence-electron chi connectivity index (χ4n) is 1.37. The van der Waals surface area contributed by atoms with E-state index in [-0.39, 0.29) is 0 Å². The summed E-state index contributed by atoms with van der Waals surface area (Å²) >= 11 is 0. The van der Waals surface area contributed by atoms with E-state index >= 15 is 0 Å². The summed E-state index contributed by atoms with van der Waals surface area (Å²) in [5.74, 6) is 1.61. The first kappa shape index (κ1) is 10.7. The molecule has 0 radical (unpaired) electrons. The summed E-state index contributed by atoms with van der Waals surface area (Å²) < 4.78 is 0. The Bertz CT molecular complexity index is 106. The normalized spacial score (nSPS) is 10.8. The molecule has 0 saturated heterocycles. The van der Waals surface area contributed by atoms with Gasteiger partial charge in [0.1, 0.15) is 0 Å². The predicted molar refractivity (Wildman–Crippen MR) is 52.7 cm³/mol. The van der Waals surface area contributed by atoms with E-state index < -0.39 is 0 Å². The van der Waals surface area contributed by atoms with Gasteiger partial charge < -0.3 is 0 Å². The molecule has 0 aliphatic heterocycles. The Balaban J connectivity index is 3.79. The maximum Gasteiger partial charge on any atom is -0.0297 e. The van der Waals surface area contributed by atoms with Crippen molar-refractivity contribution in [1.82, 2.24) is 0 Å². The highest BCUT2D eigenvalue weighted by Crippen LogP contribution is 2.18. The van der Waals surface area contributed by atoms with Crippen LogP contribution in [0.25, 0.3) is 0 Å². The summed E-state index contributed by atoms with van der Waals surface area (Å²) in [6.07, 6.45) is 4.82. The third kappa shape index (κ3) is 6.15. The summed E-state index contributed by atoms with van der Waals surface area (Å²) in [7, 11) is 0. The summed E-state index contributed by atoms with van der Waals surface area (Å²) in [5.41, 5.74) is 1.62. The second kappa shape index (κ2) is 5.40. The molecule has 66 valence electrons. The van der Waals surface area contributed by atoms with Gasteiger partial charge in [0.2, 0.25) is 0 Å². The van der Waals surface area contributed by atoms with Crippen LogP contribution in [0, 0.1) is 11.8 Å². The van der Waals surface area contributed by atoms with Gasteiger partial charge in [-0.15, -0.1) is 0 Å². The van der Waals surface area contributed by atoms with Crippen LogP contribution >= 0.6 is 0 Å². The lowest BCUT2D eigenvalue weighted by molar-refractivity contribution is 0.570. The molecule has 0 spiro atoms. The van der Waals surface area contributed by atoms with Crippen LogP contribution in [0.4, 0.5) is 0 Å². The first-order valence-corrected chi connectivity index (χ1v) is 4.70. The van der Waals surface area contributed by atoms with E-state index in [1.165, 1.54) is 12.8 Å². The lowest BCUT2D eigenvalue weighted by Gasteiger charge is -2.11. The number of hydrogen-bond acceptors (Lipinski definition) is 0. The molecule has 0 aliphatic rings. The lowest BCUT2D eigenvalue weighted by atomic mass is 9.95. The van der Waals surface area contributed by atoms with Crippen molar-refractivity contribution >= 4 is 0 Å². The molecule has 0 amide bonds. The quantitative estimate of drug-likeness (QED) is 0.536. The molecule has 0 heteroatoms. The van der Waals surface area contributed by atoms with Gasteiger partial charge in [0.05, 0.1) is 0 Å². The molecule has 11 heavy (non-hydrogen) atoms. The van der Waals surface area contributed by atoms with Crippen LogP contribution in [0.15, 0.2) is 11.6 Å². The molecule has 0 fully saturated rings. The van der Waals surface area contributed by atoms with E-state index in [9.17, 15) is 0 Å². The molecule has 0 aromatic heterocycles. The molecule has 0 heterocycles. The zero-order chi connectivity index (χ0) is 8.85. The van der Waals surface area contributed by atoms with E-state index in [1.807, 2.05) is 0 Å². The molecular weight excluding hydrogens is 132 g/mol. The highest BCUT2D eigenvalue weighted by molar-refractivity contribution is 5.01. The van der Waals surface area contributed by atoms with E-state index in [2.05, 4.69) is 40.7 Å². The minimum atomic E-state index is 0.806. The summed E-state index contributed by atoms with van der Waals surface area (Å²) in [6.45, 7) is 11.3. The largest absolute Gasteiger partial charge is 0.0884 e. The lowest BCUT2D eigenvalue weighted by Crippen LogP contribution is -1.96. The zero-order valence-electron chi connectivity index (χ0n) is 8.65. The topological polar surface area (TPSA) is 0 Å². The zero-order valence-corrected chi connectivity index (χ0v) is 8.65. The standard InChI is InChI=1S/C11H22/c1-6-11(7-9(2)3)8-10(4)5/h6,9-10H,7-8H2,1-5H3. The van der Waals surface area contributed by atoms with Gasteiger partial charge in [0.25, 0.3) is 0 Å². The minimum absolute atomic E-state index is 0.806. The smallest absolute Gasteiger partial charge is 0.0297 e. The molecule has 0 bridgehead atoms. The van der Waals surface area contributed by atoms with Crippen molar-refractivity contribution in [3.63, 3.8) is 0 Å². The van der Waals surface area contributed by atoms with Gasteiger partial charge in [-0.1, -0.05) is 39.3 Å². The summed E-state index contributed by atoms with van der Waals surface area (Å²) in [5, 5.41) is 0. The Morgan fingerprint density at radius 2 is 1.36 bits per heavy atom. The van der Waals surface area contributed by atoms with Crippen molar-refractivity contribution in [2.75, 3.05) is 0 Å². The summed E-state index contributed by atoms with van der Waals surface area (Å²) in [6, 6.07) is 0. The molecule has 0 unspecified atom stereocenters. The third-order valence-electron chi connectivity index (χ3n) is 1.75. The number of allylic oxidation sites excluding steroid dienone is 2. The van der Waals surface area contributed by atoms with Gasteiger partial charge in [-0.25, -0.2) is 0 Å². The van der Waals surface area contributed by atoms with Crippen molar-refractivity contribution in [3.05, 3.63) is 11.6 Å². The summed E-state index contributed by atoms with van der Waals surface area (Å²) in [4.78, 5) is 0. The Morgan fingerprint density at radius 1 is 1.00 bits per heavy atom. The van der Waals surface area contributed by atoms with E-state index in [1.54, 1.807) is 5.57 Å². The van der Waals surface area contributed by atoms with E-state index in [4.69, 9.17) is 0 Å². The molecule has 0 rings (SSSR count). The van der Waals surface area contributed by atoms with Gasteiger partial charge in [-0.2, -0.15) is 0 Å². The SMILES string of the molecule is CC=C(CC(C)C)CC(C)C. The van der Waals surface area contributed by atoms with Crippen LogP contribution in [0.5, 0.6) is 0 Å². The van der Waals surface area contributed by atoms with Gasteiger partial charge >= 0.3 is 0 Å². The maximum absolute atomic E-state index is 2.28. The van der Waals surface area contributed by atoms with Crippen LogP contribution in [0.2, 0.25) is 0 Å². The highest BCUT2D eigenvalue weighted by atomic mass is 14.1. The van der Waals surface area contributed by atoms with E-state index in [0.29, 0.717) is 0 Å². The molecule has 0 saturated carbocycles. The molecule has 0 aliphatic carbocycles. The van der Waals surface area contributed by atoms with Crippen molar-refractivity contribution < 1.29 is 0 Å². The predicted octanol–water partition coefficient (Wildman–Crippen LogP) is 4.02. The van der Waals surface area contributed by atoms with Gasteiger partial charge in [0.15, 0.2) is 0 Å². The van der Waals surface area contributed by atoms with Crippen LogP contribution in [0.3, 0.4) is 0 Å². The first-order chi connectivity index (χ1) is 5.06. The van der Waals surface area contributed by atoms with Crippen LogP contribution in [-0.2, 0) is 0 Å². The van der Waals surface area contributed by atoms with Crippen molar-refractivity contribution in [1.29, 1.82) is 0 Å². The van der Waals surface area contributed by atoms with Gasteiger partial charge in [-0.05, 0) is 31.6 Å². The second-order valence-electron chi connectivity index (χ2n) is 4.14. The van der Waals surface area contributed by atoms with Gasteiger partial charge in [0, 0.05) is 0 Å². The second-order valence-corrected chi connectivity index (χ2v) is 4.14. The fraction of sp³-hybridized carbons (Fsp3) is 0.818. The Morgan fingerprint density at radius 3 is 1.55 bits per heavy atom. The molecule has 0 N–H and O–H groups in total. The minimum Gasteiger partial charge on any atom is -0.0884 e. The Hall–Kier alpha value is -0.260. The molecule has 0 nitrogen and oxygen atoms in total. The molecular formula is C11H22. The van der Waals surface area contributed by atoms with Crippen LogP contribution < -0.4 is 0 Å². The van der Waals surface area contributed by atoms with Crippen molar-refractivity contribution in [2.24, 2.45) is 11.8 Å².